The number of nitrogens with one attached hydrogen (secondary N) is 1. The second-order valence-corrected chi connectivity index (χ2v) is 9.39. The Hall–Kier alpha value is -3.71. The molecule has 0 saturated carbocycles. The van der Waals surface area contributed by atoms with Crippen molar-refractivity contribution in [2.45, 2.75) is 11.8 Å². The molecule has 164 valence electrons. The number of carbonyl (C=O) groups excluding carboxylic acids is 1. The molecule has 0 bridgehead atoms. The van der Waals surface area contributed by atoms with E-state index in [0.29, 0.717) is 13.1 Å². The number of ether oxygens (including phenoxy) is 1. The van der Waals surface area contributed by atoms with Gasteiger partial charge in [-0.1, -0.05) is 36.4 Å². The van der Waals surface area contributed by atoms with Crippen LogP contribution in [0.5, 0.6) is 0 Å². The third-order valence-electron chi connectivity index (χ3n) is 6.47. The minimum Gasteiger partial charge on any atom is -0.453 e. The predicted molar refractivity (Wildman–Crippen MR) is 131 cm³/mol. The van der Waals surface area contributed by atoms with Crippen LogP contribution in [0, 0.1) is 0 Å². The highest BCUT2D eigenvalue weighted by Gasteiger charge is 2.39. The number of hydrogen-bond donors (Lipinski definition) is 1. The van der Waals surface area contributed by atoms with Gasteiger partial charge >= 0.3 is 6.09 Å². The van der Waals surface area contributed by atoms with Crippen LogP contribution in [-0.2, 0) is 4.74 Å². The highest BCUT2D eigenvalue weighted by atomic mass is 32.1. The van der Waals surface area contributed by atoms with Crippen molar-refractivity contribution in [1.29, 1.82) is 0 Å². The van der Waals surface area contributed by atoms with Crippen molar-refractivity contribution in [2.75, 3.05) is 20.2 Å². The molecule has 2 aromatic carbocycles. The molecule has 1 saturated heterocycles. The average molecular weight is 455 g/mol. The van der Waals surface area contributed by atoms with E-state index in [2.05, 4.69) is 52.4 Å². The number of H-pyrrole nitrogens is 1. The van der Waals surface area contributed by atoms with Crippen molar-refractivity contribution in [3.63, 3.8) is 0 Å². The minimum absolute atomic E-state index is 0.129. The summed E-state index contributed by atoms with van der Waals surface area (Å²) in [5.74, 6) is 0.315. The minimum atomic E-state index is -0.282. The molecule has 0 radical (unpaired) electrons. The lowest BCUT2D eigenvalue weighted by molar-refractivity contribution is 0.132. The number of aromatic amines is 1. The van der Waals surface area contributed by atoms with Crippen LogP contribution in [0.2, 0.25) is 0 Å². The molecule has 6 nitrogen and oxygen atoms in total. The lowest BCUT2D eigenvalue weighted by Gasteiger charge is -2.16. The van der Waals surface area contributed by atoms with Crippen LogP contribution < -0.4 is 0 Å². The Morgan fingerprint density at radius 3 is 2.79 bits per heavy atom. The highest BCUT2D eigenvalue weighted by molar-refractivity contribution is 7.18. The van der Waals surface area contributed by atoms with E-state index < -0.39 is 0 Å². The third kappa shape index (κ3) is 3.45. The largest absolute Gasteiger partial charge is 0.453 e. The second-order valence-electron chi connectivity index (χ2n) is 8.33. The van der Waals surface area contributed by atoms with Crippen LogP contribution in [0.1, 0.15) is 22.4 Å². The summed E-state index contributed by atoms with van der Waals surface area (Å²) in [6, 6.07) is 20.9. The van der Waals surface area contributed by atoms with Crippen molar-refractivity contribution in [1.82, 2.24) is 19.9 Å². The number of carbonyl (C=O) groups is 1. The van der Waals surface area contributed by atoms with Gasteiger partial charge in [0, 0.05) is 42.7 Å². The molecule has 1 N–H and O–H groups in total. The summed E-state index contributed by atoms with van der Waals surface area (Å²) in [4.78, 5) is 26.7. The Labute approximate surface area is 194 Å². The van der Waals surface area contributed by atoms with Crippen molar-refractivity contribution in [3.8, 4) is 11.1 Å². The molecule has 7 heteroatoms. The first-order valence-corrected chi connectivity index (χ1v) is 11.7. The van der Waals surface area contributed by atoms with Crippen molar-refractivity contribution < 1.29 is 9.53 Å². The van der Waals surface area contributed by atoms with E-state index in [1.807, 2.05) is 30.6 Å². The zero-order chi connectivity index (χ0) is 22.4. The van der Waals surface area contributed by atoms with Crippen molar-refractivity contribution in [2.24, 2.45) is 0 Å². The van der Waals surface area contributed by atoms with Gasteiger partial charge in [0.05, 0.1) is 22.3 Å². The summed E-state index contributed by atoms with van der Waals surface area (Å²) in [6.45, 7) is 1.23. The van der Waals surface area contributed by atoms with Crippen molar-refractivity contribution in [3.05, 3.63) is 83.6 Å². The molecule has 4 heterocycles. The highest BCUT2D eigenvalue weighted by Crippen LogP contribution is 2.43. The van der Waals surface area contributed by atoms with Gasteiger partial charge in [-0.15, -0.1) is 11.3 Å². The number of aromatic nitrogens is 3. The average Bonchev–Trinajstić information content (AvgIpc) is 3.60. The number of fused-ring (bicyclic) bond motifs is 2. The lowest BCUT2D eigenvalue weighted by Crippen LogP contribution is -2.28. The normalized spacial score (nSPS) is 18.3. The second kappa shape index (κ2) is 8.01. The summed E-state index contributed by atoms with van der Waals surface area (Å²) in [7, 11) is 1.44. The summed E-state index contributed by atoms with van der Waals surface area (Å²) in [5.41, 5.74) is 5.39. The van der Waals surface area contributed by atoms with Gasteiger partial charge in [-0.3, -0.25) is 0 Å². The van der Waals surface area contributed by atoms with Gasteiger partial charge in [0.15, 0.2) is 0 Å². The smallest absolute Gasteiger partial charge is 0.409 e. The zero-order valence-corrected chi connectivity index (χ0v) is 18.9. The summed E-state index contributed by atoms with van der Waals surface area (Å²) >= 11 is 1.72. The number of pyridine rings is 1. The van der Waals surface area contributed by atoms with E-state index in [0.717, 1.165) is 37.4 Å². The van der Waals surface area contributed by atoms with Gasteiger partial charge in [0.2, 0.25) is 0 Å². The fourth-order valence-corrected chi connectivity index (χ4v) is 6.02. The Morgan fingerprint density at radius 1 is 1.09 bits per heavy atom. The van der Waals surface area contributed by atoms with E-state index in [1.165, 1.54) is 12.7 Å². The molecule has 2 unspecified atom stereocenters. The number of benzene rings is 2. The predicted octanol–water partition coefficient (Wildman–Crippen LogP) is 5.79. The quantitative estimate of drug-likeness (QED) is 0.375. The Bertz CT molecular complexity index is 1460. The molecule has 1 aliphatic rings. The van der Waals surface area contributed by atoms with Crippen LogP contribution in [0.25, 0.3) is 32.4 Å². The number of rotatable bonds is 3. The molecule has 0 aliphatic carbocycles. The summed E-state index contributed by atoms with van der Waals surface area (Å²) in [6.07, 6.45) is 3.47. The van der Waals surface area contributed by atoms with Gasteiger partial charge in [-0.25, -0.2) is 14.8 Å². The van der Waals surface area contributed by atoms with Crippen LogP contribution >= 0.6 is 11.3 Å². The van der Waals surface area contributed by atoms with Crippen LogP contribution in [0.4, 0.5) is 4.79 Å². The molecule has 6 rings (SSSR count). The summed E-state index contributed by atoms with van der Waals surface area (Å²) < 4.78 is 6.16. The third-order valence-corrected chi connectivity index (χ3v) is 7.62. The summed E-state index contributed by atoms with van der Waals surface area (Å²) in [5, 5.41) is 2.17. The van der Waals surface area contributed by atoms with Crippen LogP contribution in [0.3, 0.4) is 0 Å². The molecule has 3 aromatic heterocycles. The molecule has 33 heavy (non-hydrogen) atoms. The van der Waals surface area contributed by atoms with E-state index in [9.17, 15) is 4.79 Å². The number of hydrogen-bond acceptors (Lipinski definition) is 5. The van der Waals surface area contributed by atoms with Gasteiger partial charge in [-0.05, 0) is 41.0 Å². The monoisotopic (exact) mass is 454 g/mol. The molecule has 2 atom stereocenters. The Morgan fingerprint density at radius 2 is 1.94 bits per heavy atom. The van der Waals surface area contributed by atoms with E-state index in [4.69, 9.17) is 9.72 Å². The molecule has 1 aliphatic heterocycles. The molecule has 5 aromatic rings. The van der Waals surface area contributed by atoms with Gasteiger partial charge in [0.1, 0.15) is 5.65 Å². The van der Waals surface area contributed by atoms with Crippen LogP contribution in [-0.4, -0.2) is 46.1 Å². The first kappa shape index (κ1) is 19.9. The fourth-order valence-electron chi connectivity index (χ4n) is 4.85. The van der Waals surface area contributed by atoms with Crippen LogP contribution in [0.15, 0.2) is 73.1 Å². The first-order chi connectivity index (χ1) is 16.2. The molecule has 1 fully saturated rings. The molecular weight excluding hydrogens is 432 g/mol. The molecule has 0 spiro atoms. The van der Waals surface area contributed by atoms with Gasteiger partial charge < -0.3 is 14.6 Å². The number of nitrogens with zero attached hydrogens (tertiary/aromatic N) is 3. The van der Waals surface area contributed by atoms with Crippen molar-refractivity contribution >= 4 is 38.7 Å². The number of likely N-dealkylation sites (tertiary alicyclic amines) is 1. The van der Waals surface area contributed by atoms with E-state index >= 15 is 0 Å². The fraction of sp³-hybridized carbons (Fsp3) is 0.192. The molecule has 1 amide bonds. The zero-order valence-electron chi connectivity index (χ0n) is 18.1. The SMILES string of the molecule is COC(=O)N1CC(c2ccccc2)C(c2nc3ccc(-c4ccnc5[nH]ccc45)cc3s2)C1. The maximum absolute atomic E-state index is 12.3. The topological polar surface area (TPSA) is 71.1 Å². The molecular formula is C26H22N4O2S. The maximum atomic E-state index is 12.3. The van der Waals surface area contributed by atoms with Gasteiger partial charge in [-0.2, -0.15) is 0 Å². The van der Waals surface area contributed by atoms with E-state index in [-0.39, 0.29) is 17.9 Å². The Kier molecular flexibility index (Phi) is 4.84. The maximum Gasteiger partial charge on any atom is 0.409 e. The number of methoxy groups -OCH3 is 1. The number of amides is 1. The number of thiazole rings is 1. The lowest BCUT2D eigenvalue weighted by atomic mass is 9.89. The van der Waals surface area contributed by atoms with E-state index in [1.54, 1.807) is 16.2 Å². The standard InChI is InChI=1S/C26H22N4O2S/c1-32-26(31)30-14-20(16-5-3-2-4-6-16)21(15-30)25-29-22-8-7-17(13-23(22)33-25)18-9-11-27-24-19(18)10-12-28-24/h2-13,20-21H,14-15H2,1H3,(H,27,28). The Balaban J connectivity index is 1.40. The van der Waals surface area contributed by atoms with Gasteiger partial charge in [0.25, 0.3) is 0 Å². The first-order valence-electron chi connectivity index (χ1n) is 10.9.